The highest BCUT2D eigenvalue weighted by Gasteiger charge is 2.17. The highest BCUT2D eigenvalue weighted by Crippen LogP contribution is 2.26. The molecule has 3 rings (SSSR count). The van der Waals surface area contributed by atoms with Gasteiger partial charge in [-0.15, -0.1) is 0 Å². The van der Waals surface area contributed by atoms with Crippen molar-refractivity contribution in [1.29, 1.82) is 0 Å². The number of nitrogens with zero attached hydrogens (tertiary/aromatic N) is 1. The van der Waals surface area contributed by atoms with E-state index < -0.39 is 11.6 Å². The molecule has 4 heteroatoms. The SMILES string of the molecule is O=C(c1ccccc1F)c1cc(Cl)ccc1N=Cc1ccccc1. The van der Waals surface area contributed by atoms with E-state index in [1.165, 1.54) is 18.2 Å². The Hall–Kier alpha value is -2.78. The van der Waals surface area contributed by atoms with Gasteiger partial charge in [-0.05, 0) is 35.9 Å². The molecule has 0 bridgehead atoms. The lowest BCUT2D eigenvalue weighted by atomic mass is 10.0. The molecule has 3 aromatic rings. The standard InChI is InChI=1S/C20H13ClFNO/c21-15-10-11-19(23-13-14-6-2-1-3-7-14)17(12-15)20(24)16-8-4-5-9-18(16)22/h1-13H. The van der Waals surface area contributed by atoms with Gasteiger partial charge in [-0.25, -0.2) is 4.39 Å². The van der Waals surface area contributed by atoms with Crippen molar-refractivity contribution < 1.29 is 9.18 Å². The summed E-state index contributed by atoms with van der Waals surface area (Å²) in [5, 5.41) is 0.397. The average molecular weight is 338 g/mol. The van der Waals surface area contributed by atoms with Crippen molar-refractivity contribution in [2.75, 3.05) is 0 Å². The molecule has 2 nitrogen and oxygen atoms in total. The average Bonchev–Trinajstić information content (AvgIpc) is 2.61. The monoisotopic (exact) mass is 337 g/mol. The summed E-state index contributed by atoms with van der Waals surface area (Å²) in [5.74, 6) is -1.02. The number of benzene rings is 3. The van der Waals surface area contributed by atoms with Gasteiger partial charge < -0.3 is 0 Å². The molecule has 0 unspecified atom stereocenters. The lowest BCUT2D eigenvalue weighted by molar-refractivity contribution is 0.103. The van der Waals surface area contributed by atoms with E-state index in [1.807, 2.05) is 30.3 Å². The van der Waals surface area contributed by atoms with Gasteiger partial charge in [0.1, 0.15) is 5.82 Å². The van der Waals surface area contributed by atoms with Gasteiger partial charge in [-0.3, -0.25) is 9.79 Å². The molecule has 0 radical (unpaired) electrons. The molecule has 0 saturated carbocycles. The molecule has 0 N–H and O–H groups in total. The predicted molar refractivity (Wildman–Crippen MR) is 95.0 cm³/mol. The first-order valence-corrected chi connectivity index (χ1v) is 7.71. The van der Waals surface area contributed by atoms with E-state index in [9.17, 15) is 9.18 Å². The molecule has 0 amide bonds. The molecule has 118 valence electrons. The largest absolute Gasteiger partial charge is 0.288 e. The second-order valence-electron chi connectivity index (χ2n) is 5.14. The number of ketones is 1. The maximum absolute atomic E-state index is 13.9. The van der Waals surface area contributed by atoms with Gasteiger partial charge in [0.15, 0.2) is 5.78 Å². The van der Waals surface area contributed by atoms with E-state index in [0.29, 0.717) is 10.7 Å². The number of carbonyl (C=O) groups excluding carboxylic acids is 1. The maximum atomic E-state index is 13.9. The van der Waals surface area contributed by atoms with Crippen LogP contribution in [0.5, 0.6) is 0 Å². The molecule has 0 fully saturated rings. The Morgan fingerprint density at radius 2 is 1.62 bits per heavy atom. The van der Waals surface area contributed by atoms with Crippen LogP contribution < -0.4 is 0 Å². The summed E-state index contributed by atoms with van der Waals surface area (Å²) >= 11 is 6.01. The first-order chi connectivity index (χ1) is 11.6. The Labute approximate surface area is 144 Å². The Balaban J connectivity index is 2.02. The van der Waals surface area contributed by atoms with Crippen LogP contribution in [0.3, 0.4) is 0 Å². The van der Waals surface area contributed by atoms with Crippen molar-refractivity contribution in [3.63, 3.8) is 0 Å². The molecule has 0 aliphatic rings. The van der Waals surface area contributed by atoms with Crippen LogP contribution in [-0.2, 0) is 0 Å². The van der Waals surface area contributed by atoms with E-state index in [4.69, 9.17) is 11.6 Å². The molecule has 0 spiro atoms. The molecule has 0 aromatic heterocycles. The predicted octanol–water partition coefficient (Wildman–Crippen LogP) is 5.46. The lowest BCUT2D eigenvalue weighted by Crippen LogP contribution is -2.04. The van der Waals surface area contributed by atoms with Crippen LogP contribution in [0.25, 0.3) is 0 Å². The summed E-state index contributed by atoms with van der Waals surface area (Å²) < 4.78 is 13.9. The number of hydrogen-bond donors (Lipinski definition) is 0. The summed E-state index contributed by atoms with van der Waals surface area (Å²) in [7, 11) is 0. The van der Waals surface area contributed by atoms with Crippen LogP contribution in [0.15, 0.2) is 77.8 Å². The number of carbonyl (C=O) groups is 1. The fourth-order valence-corrected chi connectivity index (χ4v) is 2.45. The molecule has 0 aliphatic carbocycles. The number of halogens is 2. The van der Waals surface area contributed by atoms with Gasteiger partial charge in [0.25, 0.3) is 0 Å². The first kappa shape index (κ1) is 16.1. The van der Waals surface area contributed by atoms with E-state index in [2.05, 4.69) is 4.99 Å². The second-order valence-corrected chi connectivity index (χ2v) is 5.58. The van der Waals surface area contributed by atoms with E-state index in [0.717, 1.165) is 5.56 Å². The quantitative estimate of drug-likeness (QED) is 0.459. The molecular weight excluding hydrogens is 325 g/mol. The summed E-state index contributed by atoms with van der Waals surface area (Å²) in [6, 6.07) is 20.2. The Morgan fingerprint density at radius 3 is 2.38 bits per heavy atom. The fourth-order valence-electron chi connectivity index (χ4n) is 2.28. The third kappa shape index (κ3) is 3.58. The zero-order chi connectivity index (χ0) is 16.9. The number of aliphatic imine (C=N–C) groups is 1. The minimum absolute atomic E-state index is 0.00377. The minimum atomic E-state index is -0.569. The normalized spacial score (nSPS) is 10.9. The summed E-state index contributed by atoms with van der Waals surface area (Å²) in [4.78, 5) is 17.0. The molecule has 3 aromatic carbocycles. The third-order valence-electron chi connectivity index (χ3n) is 3.47. The van der Waals surface area contributed by atoms with E-state index >= 15 is 0 Å². The molecule has 24 heavy (non-hydrogen) atoms. The molecule has 0 atom stereocenters. The maximum Gasteiger partial charge on any atom is 0.198 e. The minimum Gasteiger partial charge on any atom is -0.288 e. The topological polar surface area (TPSA) is 29.4 Å². The number of rotatable bonds is 4. The molecule has 0 heterocycles. The Kier molecular flexibility index (Phi) is 4.82. The first-order valence-electron chi connectivity index (χ1n) is 7.33. The van der Waals surface area contributed by atoms with Gasteiger partial charge in [-0.1, -0.05) is 54.1 Å². The summed E-state index contributed by atoms with van der Waals surface area (Å²) in [6.07, 6.45) is 1.65. The van der Waals surface area contributed by atoms with Gasteiger partial charge >= 0.3 is 0 Å². The van der Waals surface area contributed by atoms with Gasteiger partial charge in [0.2, 0.25) is 0 Å². The highest BCUT2D eigenvalue weighted by molar-refractivity contribution is 6.31. The summed E-state index contributed by atoms with van der Waals surface area (Å²) in [6.45, 7) is 0. The van der Waals surface area contributed by atoms with E-state index in [1.54, 1.807) is 30.5 Å². The fraction of sp³-hybridized carbons (Fsp3) is 0. The second kappa shape index (κ2) is 7.20. The van der Waals surface area contributed by atoms with Gasteiger partial charge in [0, 0.05) is 16.8 Å². The van der Waals surface area contributed by atoms with Crippen LogP contribution in [0, 0.1) is 5.82 Å². The molecule has 0 aliphatic heterocycles. The van der Waals surface area contributed by atoms with Crippen LogP contribution in [0.4, 0.5) is 10.1 Å². The molecular formula is C20H13ClFNO. The van der Waals surface area contributed by atoms with Gasteiger partial charge in [-0.2, -0.15) is 0 Å². The zero-order valence-electron chi connectivity index (χ0n) is 12.6. The van der Waals surface area contributed by atoms with Crippen LogP contribution in [-0.4, -0.2) is 12.0 Å². The van der Waals surface area contributed by atoms with Crippen LogP contribution in [0.1, 0.15) is 21.5 Å². The van der Waals surface area contributed by atoms with Crippen molar-refractivity contribution in [2.24, 2.45) is 4.99 Å². The van der Waals surface area contributed by atoms with Crippen molar-refractivity contribution in [2.45, 2.75) is 0 Å². The summed E-state index contributed by atoms with van der Waals surface area (Å²) in [5.41, 5.74) is 1.60. The lowest BCUT2D eigenvalue weighted by Gasteiger charge is -2.07. The Bertz CT molecular complexity index is 907. The molecule has 0 saturated heterocycles. The van der Waals surface area contributed by atoms with Gasteiger partial charge in [0.05, 0.1) is 11.3 Å². The van der Waals surface area contributed by atoms with E-state index in [-0.39, 0.29) is 11.1 Å². The smallest absolute Gasteiger partial charge is 0.198 e. The van der Waals surface area contributed by atoms with Crippen LogP contribution in [0.2, 0.25) is 5.02 Å². The van der Waals surface area contributed by atoms with Crippen molar-refractivity contribution in [1.82, 2.24) is 0 Å². The van der Waals surface area contributed by atoms with Crippen molar-refractivity contribution in [3.8, 4) is 0 Å². The zero-order valence-corrected chi connectivity index (χ0v) is 13.4. The van der Waals surface area contributed by atoms with Crippen LogP contribution >= 0.6 is 11.6 Å². The Morgan fingerprint density at radius 1 is 0.917 bits per heavy atom. The number of hydrogen-bond acceptors (Lipinski definition) is 2. The van der Waals surface area contributed by atoms with Crippen molar-refractivity contribution >= 4 is 29.3 Å². The third-order valence-corrected chi connectivity index (χ3v) is 3.71. The van der Waals surface area contributed by atoms with Crippen molar-refractivity contribution in [3.05, 3.63) is 100 Å². The highest BCUT2D eigenvalue weighted by atomic mass is 35.5.